The topological polar surface area (TPSA) is 66.4 Å². The van der Waals surface area contributed by atoms with Crippen molar-refractivity contribution in [2.45, 2.75) is 38.1 Å². The van der Waals surface area contributed by atoms with Gasteiger partial charge in [-0.15, -0.1) is 0 Å². The van der Waals surface area contributed by atoms with Crippen molar-refractivity contribution in [3.05, 3.63) is 131 Å². The van der Waals surface area contributed by atoms with Gasteiger partial charge in [-0.1, -0.05) is 97.1 Å². The Hall–Kier alpha value is -3.23. The first-order valence-electron chi connectivity index (χ1n) is 13.3. The minimum absolute atomic E-state index is 0. The van der Waals surface area contributed by atoms with E-state index in [-0.39, 0.29) is 30.7 Å². The molecule has 202 valence electrons. The van der Waals surface area contributed by atoms with Gasteiger partial charge in [-0.2, -0.15) is 11.8 Å². The molecule has 0 aliphatic rings. The van der Waals surface area contributed by atoms with E-state index in [1.165, 1.54) is 11.1 Å². The zero-order chi connectivity index (χ0) is 27.6. The average molecular weight is 546 g/mol. The van der Waals surface area contributed by atoms with Gasteiger partial charge < -0.3 is 10.4 Å². The number of hydrogen-bond donors (Lipinski definition) is 2. The molecule has 0 saturated heterocycles. The second kappa shape index (κ2) is 15.5. The van der Waals surface area contributed by atoms with Crippen LogP contribution in [-0.2, 0) is 17.6 Å². The van der Waals surface area contributed by atoms with Crippen LogP contribution in [0.5, 0.6) is 0 Å². The number of rotatable bonds is 12. The number of aryl methyl sites for hydroxylation is 1. The third-order valence-corrected chi connectivity index (χ3v) is 7.70. The zero-order valence-corrected chi connectivity index (χ0v) is 23.3. The molecular weight excluding hydrogens is 509 g/mol. The van der Waals surface area contributed by atoms with Crippen LogP contribution in [0.2, 0.25) is 0 Å². The van der Waals surface area contributed by atoms with Crippen LogP contribution < -0.4 is 5.32 Å². The fraction of sp³-hybridized carbons (Fsp3) is 0.235. The molecule has 40 heavy (non-hydrogen) atoms. The second-order valence-electron chi connectivity index (χ2n) is 9.84. The van der Waals surface area contributed by atoms with Gasteiger partial charge in [-0.05, 0) is 83.6 Å². The fourth-order valence-corrected chi connectivity index (χ4v) is 5.43. The van der Waals surface area contributed by atoms with Crippen molar-refractivity contribution in [2.75, 3.05) is 12.0 Å². The van der Waals surface area contributed by atoms with Crippen molar-refractivity contribution < 1.29 is 14.7 Å². The Balaban J connectivity index is 0.00000441. The van der Waals surface area contributed by atoms with Crippen LogP contribution in [0.15, 0.2) is 103 Å². The van der Waals surface area contributed by atoms with Gasteiger partial charge in [0.1, 0.15) is 6.04 Å². The number of benzene rings is 4. The van der Waals surface area contributed by atoms with E-state index in [2.05, 4.69) is 59.9 Å². The summed E-state index contributed by atoms with van der Waals surface area (Å²) >= 11 is 1.56. The molecular formula is C34H36LiNO3S. The molecule has 0 heterocycles. The van der Waals surface area contributed by atoms with E-state index in [1.807, 2.05) is 61.7 Å². The van der Waals surface area contributed by atoms with E-state index in [9.17, 15) is 14.7 Å². The van der Waals surface area contributed by atoms with Crippen LogP contribution in [0.1, 0.15) is 45.0 Å². The molecule has 6 heteroatoms. The Bertz CT molecular complexity index is 1390. The maximum absolute atomic E-state index is 13.4. The van der Waals surface area contributed by atoms with Crippen molar-refractivity contribution in [3.8, 4) is 11.1 Å². The SMILES string of the molecule is CSCC[C@H](NC(=O)c1ccc(CC(Cc2ccccc2)c2ccccc2)cc1-c1ccccc1C)C(=O)O.[LiH]. The number of carboxylic acids is 1. The first-order valence-corrected chi connectivity index (χ1v) is 14.7. The molecule has 4 aromatic carbocycles. The molecule has 1 amide bonds. The number of carboxylic acid groups (broad SMARTS) is 1. The molecule has 0 bridgehead atoms. The van der Waals surface area contributed by atoms with Gasteiger partial charge in [0.25, 0.3) is 5.91 Å². The number of thioether (sulfide) groups is 1. The van der Waals surface area contributed by atoms with Gasteiger partial charge in [-0.3, -0.25) is 4.79 Å². The third-order valence-electron chi connectivity index (χ3n) is 7.06. The molecule has 2 atom stereocenters. The van der Waals surface area contributed by atoms with Gasteiger partial charge in [0.15, 0.2) is 0 Å². The van der Waals surface area contributed by atoms with Gasteiger partial charge >= 0.3 is 24.8 Å². The Labute approximate surface area is 253 Å². The predicted octanol–water partition coefficient (Wildman–Crippen LogP) is 6.52. The standard InChI is InChI=1S/C34H35NO3S.Li.H/c1-24-11-9-10-16-29(24)31-23-26(17-18-30(31)33(36)35-32(34(37)38)19-20-39-2)22-28(27-14-7-4-8-15-27)21-25-12-5-3-6-13-25;;/h3-18,23,28,32H,19-22H2,1-2H3,(H,35,36)(H,37,38);;/t28?,32-;;/m0../s1. The van der Waals surface area contributed by atoms with Gasteiger partial charge in [0, 0.05) is 5.56 Å². The molecule has 0 spiro atoms. The molecule has 0 fully saturated rings. The molecule has 0 saturated carbocycles. The zero-order valence-electron chi connectivity index (χ0n) is 22.5. The molecule has 2 N–H and O–H groups in total. The quantitative estimate of drug-likeness (QED) is 0.199. The van der Waals surface area contributed by atoms with Crippen molar-refractivity contribution >= 4 is 42.5 Å². The number of carbonyl (C=O) groups is 2. The van der Waals surface area contributed by atoms with E-state index >= 15 is 0 Å². The summed E-state index contributed by atoms with van der Waals surface area (Å²) in [6, 6.07) is 34.1. The van der Waals surface area contributed by atoms with Crippen molar-refractivity contribution in [1.82, 2.24) is 5.32 Å². The van der Waals surface area contributed by atoms with Gasteiger partial charge in [-0.25, -0.2) is 4.79 Å². The van der Waals surface area contributed by atoms with Crippen molar-refractivity contribution in [1.29, 1.82) is 0 Å². The third kappa shape index (κ3) is 8.38. The second-order valence-corrected chi connectivity index (χ2v) is 10.8. The molecule has 0 aromatic heterocycles. The molecule has 1 unspecified atom stereocenters. The van der Waals surface area contributed by atoms with E-state index < -0.39 is 12.0 Å². The summed E-state index contributed by atoms with van der Waals surface area (Å²) in [5.74, 6) is -0.459. The first kappa shape index (κ1) is 31.3. The van der Waals surface area contributed by atoms with Crippen molar-refractivity contribution in [3.63, 3.8) is 0 Å². The summed E-state index contributed by atoms with van der Waals surface area (Å²) in [5.41, 5.74) is 7.04. The summed E-state index contributed by atoms with van der Waals surface area (Å²) in [4.78, 5) is 25.3. The van der Waals surface area contributed by atoms with Crippen LogP contribution in [0.25, 0.3) is 11.1 Å². The summed E-state index contributed by atoms with van der Waals surface area (Å²) in [6.45, 7) is 2.03. The molecule has 0 aliphatic heterocycles. The minimum atomic E-state index is -1.02. The monoisotopic (exact) mass is 545 g/mol. The predicted molar refractivity (Wildman–Crippen MR) is 169 cm³/mol. The van der Waals surface area contributed by atoms with E-state index in [0.717, 1.165) is 35.1 Å². The Morgan fingerprint density at radius 2 is 1.43 bits per heavy atom. The molecule has 4 aromatic rings. The Kier molecular flexibility index (Phi) is 12.1. The summed E-state index contributed by atoms with van der Waals surface area (Å²) < 4.78 is 0. The van der Waals surface area contributed by atoms with E-state index in [4.69, 9.17) is 0 Å². The summed E-state index contributed by atoms with van der Waals surface area (Å²) in [6.07, 6.45) is 4.02. The molecule has 0 radical (unpaired) electrons. The maximum atomic E-state index is 13.4. The summed E-state index contributed by atoms with van der Waals surface area (Å²) in [7, 11) is 0. The van der Waals surface area contributed by atoms with Crippen LogP contribution in [0.4, 0.5) is 0 Å². The number of carbonyl (C=O) groups excluding carboxylic acids is 1. The fourth-order valence-electron chi connectivity index (χ4n) is 4.96. The average Bonchev–Trinajstić information content (AvgIpc) is 2.96. The number of hydrogen-bond acceptors (Lipinski definition) is 3. The number of nitrogens with one attached hydrogen (secondary N) is 1. The Morgan fingerprint density at radius 1 is 0.800 bits per heavy atom. The number of amides is 1. The molecule has 4 nitrogen and oxygen atoms in total. The Morgan fingerprint density at radius 3 is 2.08 bits per heavy atom. The molecule has 4 rings (SSSR count). The van der Waals surface area contributed by atoms with Crippen LogP contribution in [0, 0.1) is 6.92 Å². The normalized spacial score (nSPS) is 12.2. The first-order chi connectivity index (χ1) is 19.0. The van der Waals surface area contributed by atoms with Crippen LogP contribution in [-0.4, -0.2) is 53.9 Å². The van der Waals surface area contributed by atoms with E-state index in [0.29, 0.717) is 17.7 Å². The van der Waals surface area contributed by atoms with E-state index in [1.54, 1.807) is 11.8 Å². The van der Waals surface area contributed by atoms with Crippen LogP contribution in [0.3, 0.4) is 0 Å². The van der Waals surface area contributed by atoms with Gasteiger partial charge in [0.2, 0.25) is 0 Å². The van der Waals surface area contributed by atoms with Gasteiger partial charge in [0.05, 0.1) is 0 Å². The number of aliphatic carboxylic acids is 1. The van der Waals surface area contributed by atoms with Crippen LogP contribution >= 0.6 is 11.8 Å². The molecule has 0 aliphatic carbocycles. The summed E-state index contributed by atoms with van der Waals surface area (Å²) in [5, 5.41) is 12.4. The van der Waals surface area contributed by atoms with Crippen molar-refractivity contribution in [2.24, 2.45) is 0 Å².